The first-order valence-corrected chi connectivity index (χ1v) is 8.82. The summed E-state index contributed by atoms with van der Waals surface area (Å²) in [4.78, 5) is 4.90. The Morgan fingerprint density at radius 2 is 1.59 bits per heavy atom. The highest BCUT2D eigenvalue weighted by molar-refractivity contribution is 6.09. The van der Waals surface area contributed by atoms with Gasteiger partial charge in [0.05, 0.1) is 22.9 Å². The van der Waals surface area contributed by atoms with Crippen LogP contribution in [0.1, 0.15) is 0 Å². The lowest BCUT2D eigenvalue weighted by atomic mass is 10.1. The normalized spacial score (nSPS) is 11.7. The van der Waals surface area contributed by atoms with Crippen LogP contribution in [-0.4, -0.2) is 9.55 Å². The Hall–Kier alpha value is -3.79. The first-order valence-electron chi connectivity index (χ1n) is 8.82. The predicted octanol–water partition coefficient (Wildman–Crippen LogP) is 6.18. The SMILES string of the molecule is c1coc(-n2c(-c3cccc4c3oc3ccccc34)nc3ccccc32)c1. The van der Waals surface area contributed by atoms with E-state index in [1.165, 1.54) is 0 Å². The number of aromatic nitrogens is 2. The molecular weight excluding hydrogens is 336 g/mol. The zero-order valence-corrected chi connectivity index (χ0v) is 14.3. The molecule has 0 saturated carbocycles. The summed E-state index contributed by atoms with van der Waals surface area (Å²) in [6.45, 7) is 0. The highest BCUT2D eigenvalue weighted by Gasteiger charge is 2.20. The first kappa shape index (κ1) is 14.4. The van der Waals surface area contributed by atoms with Crippen molar-refractivity contribution in [1.29, 1.82) is 0 Å². The monoisotopic (exact) mass is 350 g/mol. The van der Waals surface area contributed by atoms with Gasteiger partial charge in [-0.3, -0.25) is 4.57 Å². The fourth-order valence-electron chi connectivity index (χ4n) is 3.75. The van der Waals surface area contributed by atoms with E-state index in [2.05, 4.69) is 12.1 Å². The van der Waals surface area contributed by atoms with Gasteiger partial charge in [-0.1, -0.05) is 42.5 Å². The zero-order chi connectivity index (χ0) is 17.8. The summed E-state index contributed by atoms with van der Waals surface area (Å²) in [6, 6.07) is 26.2. The van der Waals surface area contributed by atoms with Gasteiger partial charge in [-0.2, -0.15) is 0 Å². The Morgan fingerprint density at radius 1 is 0.741 bits per heavy atom. The number of hydrogen-bond donors (Lipinski definition) is 0. The van der Waals surface area contributed by atoms with Crippen molar-refractivity contribution in [1.82, 2.24) is 9.55 Å². The molecule has 4 nitrogen and oxygen atoms in total. The van der Waals surface area contributed by atoms with E-state index in [1.54, 1.807) is 6.26 Å². The number of furan rings is 2. The van der Waals surface area contributed by atoms with Gasteiger partial charge in [0.25, 0.3) is 0 Å². The molecule has 3 heterocycles. The summed E-state index contributed by atoms with van der Waals surface area (Å²) >= 11 is 0. The van der Waals surface area contributed by atoms with Crippen LogP contribution in [0.25, 0.3) is 50.2 Å². The van der Waals surface area contributed by atoms with E-state index in [0.717, 1.165) is 50.2 Å². The summed E-state index contributed by atoms with van der Waals surface area (Å²) in [5, 5.41) is 2.19. The first-order chi connectivity index (χ1) is 13.4. The van der Waals surface area contributed by atoms with Crippen molar-refractivity contribution in [2.24, 2.45) is 0 Å². The summed E-state index contributed by atoms with van der Waals surface area (Å²) in [7, 11) is 0. The number of rotatable bonds is 2. The van der Waals surface area contributed by atoms with Gasteiger partial charge >= 0.3 is 0 Å². The standard InChI is InChI=1S/C23H14N2O2/c1-4-12-20-15(7-1)16-8-5-9-17(22(16)27-20)23-24-18-10-2-3-11-19(18)25(23)21-13-6-14-26-21/h1-14H. The number of nitrogens with zero attached hydrogens (tertiary/aromatic N) is 2. The van der Waals surface area contributed by atoms with Crippen LogP contribution in [0.15, 0.2) is 94.0 Å². The van der Waals surface area contributed by atoms with Crippen LogP contribution in [0.5, 0.6) is 0 Å². The minimum Gasteiger partial charge on any atom is -0.455 e. The molecule has 0 aliphatic rings. The molecule has 3 aromatic carbocycles. The molecule has 0 radical (unpaired) electrons. The third kappa shape index (κ3) is 2.01. The molecule has 6 aromatic rings. The maximum Gasteiger partial charge on any atom is 0.205 e. The van der Waals surface area contributed by atoms with Crippen molar-refractivity contribution in [2.45, 2.75) is 0 Å². The molecule has 0 unspecified atom stereocenters. The third-order valence-corrected chi connectivity index (χ3v) is 4.93. The third-order valence-electron chi connectivity index (χ3n) is 4.93. The van der Waals surface area contributed by atoms with E-state index in [4.69, 9.17) is 13.8 Å². The molecule has 0 saturated heterocycles. The quantitative estimate of drug-likeness (QED) is 0.374. The molecule has 4 heteroatoms. The van der Waals surface area contributed by atoms with E-state index in [1.807, 2.05) is 71.3 Å². The summed E-state index contributed by atoms with van der Waals surface area (Å²) in [5.74, 6) is 1.53. The molecule has 0 amide bonds. The smallest absolute Gasteiger partial charge is 0.205 e. The highest BCUT2D eigenvalue weighted by atomic mass is 16.3. The van der Waals surface area contributed by atoms with E-state index >= 15 is 0 Å². The highest BCUT2D eigenvalue weighted by Crippen LogP contribution is 2.37. The van der Waals surface area contributed by atoms with Crippen LogP contribution < -0.4 is 0 Å². The number of hydrogen-bond acceptors (Lipinski definition) is 3. The van der Waals surface area contributed by atoms with Gasteiger partial charge in [0.2, 0.25) is 5.88 Å². The van der Waals surface area contributed by atoms with Gasteiger partial charge in [0, 0.05) is 16.8 Å². The van der Waals surface area contributed by atoms with Crippen molar-refractivity contribution >= 4 is 33.0 Å². The maximum atomic E-state index is 6.22. The molecule has 0 aliphatic heterocycles. The molecule has 0 atom stereocenters. The largest absolute Gasteiger partial charge is 0.455 e. The van der Waals surface area contributed by atoms with E-state index in [0.29, 0.717) is 0 Å². The van der Waals surface area contributed by atoms with E-state index in [9.17, 15) is 0 Å². The fraction of sp³-hybridized carbons (Fsp3) is 0. The van der Waals surface area contributed by atoms with Crippen molar-refractivity contribution in [3.05, 3.63) is 85.1 Å². The average molecular weight is 350 g/mol. The van der Waals surface area contributed by atoms with Crippen LogP contribution >= 0.6 is 0 Å². The average Bonchev–Trinajstić information content (AvgIpc) is 3.43. The maximum absolute atomic E-state index is 6.22. The Morgan fingerprint density at radius 3 is 2.52 bits per heavy atom. The molecule has 0 N–H and O–H groups in total. The van der Waals surface area contributed by atoms with Crippen LogP contribution in [0.2, 0.25) is 0 Å². The van der Waals surface area contributed by atoms with Crippen molar-refractivity contribution < 1.29 is 8.83 Å². The molecule has 6 rings (SSSR count). The Bertz CT molecular complexity index is 1420. The number of imidazole rings is 1. The lowest BCUT2D eigenvalue weighted by Gasteiger charge is -2.06. The second-order valence-electron chi connectivity index (χ2n) is 6.49. The summed E-state index contributed by atoms with van der Waals surface area (Å²) in [6.07, 6.45) is 1.68. The van der Waals surface area contributed by atoms with Crippen LogP contribution in [0, 0.1) is 0 Å². The van der Waals surface area contributed by atoms with Gasteiger partial charge in [-0.15, -0.1) is 0 Å². The lowest BCUT2D eigenvalue weighted by Crippen LogP contribution is -1.96. The molecular formula is C23H14N2O2. The minimum absolute atomic E-state index is 0.729. The minimum atomic E-state index is 0.729. The lowest BCUT2D eigenvalue weighted by molar-refractivity contribution is 0.543. The van der Waals surface area contributed by atoms with Crippen LogP contribution in [0.4, 0.5) is 0 Å². The fourth-order valence-corrected chi connectivity index (χ4v) is 3.75. The Kier molecular flexibility index (Phi) is 2.85. The van der Waals surface area contributed by atoms with E-state index in [-0.39, 0.29) is 0 Å². The van der Waals surface area contributed by atoms with Gasteiger partial charge < -0.3 is 8.83 Å². The molecule has 0 bridgehead atoms. The molecule has 0 aliphatic carbocycles. The Balaban J connectivity index is 1.75. The Labute approximate surface area is 154 Å². The van der Waals surface area contributed by atoms with Gasteiger partial charge in [0.15, 0.2) is 5.82 Å². The molecule has 0 fully saturated rings. The van der Waals surface area contributed by atoms with E-state index < -0.39 is 0 Å². The molecule has 0 spiro atoms. The number of benzene rings is 3. The van der Waals surface area contributed by atoms with Gasteiger partial charge in [0.1, 0.15) is 11.2 Å². The summed E-state index contributed by atoms with van der Waals surface area (Å²) in [5.41, 5.74) is 4.56. The van der Waals surface area contributed by atoms with Gasteiger partial charge in [-0.25, -0.2) is 4.98 Å². The topological polar surface area (TPSA) is 44.1 Å². The number of fused-ring (bicyclic) bond motifs is 4. The molecule has 27 heavy (non-hydrogen) atoms. The van der Waals surface area contributed by atoms with Gasteiger partial charge in [-0.05, 0) is 30.3 Å². The van der Waals surface area contributed by atoms with Crippen LogP contribution in [0.3, 0.4) is 0 Å². The zero-order valence-electron chi connectivity index (χ0n) is 14.3. The van der Waals surface area contributed by atoms with Crippen molar-refractivity contribution in [2.75, 3.05) is 0 Å². The predicted molar refractivity (Wildman–Crippen MR) is 106 cm³/mol. The van der Waals surface area contributed by atoms with Crippen molar-refractivity contribution in [3.8, 4) is 17.3 Å². The summed E-state index contributed by atoms with van der Waals surface area (Å²) < 4.78 is 14.0. The van der Waals surface area contributed by atoms with Crippen LogP contribution in [-0.2, 0) is 0 Å². The molecule has 3 aromatic heterocycles. The second-order valence-corrected chi connectivity index (χ2v) is 6.49. The second kappa shape index (κ2) is 5.35. The van der Waals surface area contributed by atoms with Crippen molar-refractivity contribution in [3.63, 3.8) is 0 Å². The number of para-hydroxylation sites is 4. The molecule has 128 valence electrons.